The van der Waals surface area contributed by atoms with Crippen molar-refractivity contribution in [2.75, 3.05) is 12.3 Å². The van der Waals surface area contributed by atoms with Crippen LogP contribution < -0.4 is 5.73 Å². The van der Waals surface area contributed by atoms with Gasteiger partial charge in [0.05, 0.1) is 12.2 Å². The number of aliphatic hydroxyl groups is 2. The molecule has 2 unspecified atom stereocenters. The van der Waals surface area contributed by atoms with Gasteiger partial charge in [-0.2, -0.15) is 13.2 Å². The maximum atomic E-state index is 12.7. The third-order valence-electron chi connectivity index (χ3n) is 2.55. The minimum absolute atomic E-state index is 0.0296. The lowest BCUT2D eigenvalue weighted by Gasteiger charge is -2.18. The molecule has 8 heteroatoms. The minimum Gasteiger partial charge on any atom is -0.464 e. The number of hydrogen-bond acceptors (Lipinski definition) is 5. The predicted molar refractivity (Wildman–Crippen MR) is 63.5 cm³/mol. The van der Waals surface area contributed by atoms with E-state index in [1.54, 1.807) is 0 Å². The van der Waals surface area contributed by atoms with Crippen LogP contribution in [-0.2, 0) is 15.7 Å². The number of carbonyl (C=O) groups excluding carboxylic acids is 1. The summed E-state index contributed by atoms with van der Waals surface area (Å²) in [7, 11) is 0. The molecule has 0 heterocycles. The van der Waals surface area contributed by atoms with Crippen LogP contribution in [0.4, 0.5) is 18.9 Å². The van der Waals surface area contributed by atoms with Crippen LogP contribution in [0.3, 0.4) is 0 Å². The molecule has 112 valence electrons. The molecule has 0 saturated heterocycles. The average molecular weight is 293 g/mol. The van der Waals surface area contributed by atoms with E-state index in [2.05, 4.69) is 4.74 Å². The highest BCUT2D eigenvalue weighted by atomic mass is 19.4. The van der Waals surface area contributed by atoms with E-state index in [9.17, 15) is 28.2 Å². The fourth-order valence-electron chi connectivity index (χ4n) is 1.54. The molecule has 0 fully saturated rings. The molecular weight excluding hydrogens is 279 g/mol. The Morgan fingerprint density at radius 3 is 2.50 bits per heavy atom. The van der Waals surface area contributed by atoms with Crippen molar-refractivity contribution in [1.82, 2.24) is 0 Å². The molecule has 0 amide bonds. The Bertz CT molecular complexity index is 490. The first-order valence-electron chi connectivity index (χ1n) is 5.67. The maximum Gasteiger partial charge on any atom is 0.418 e. The zero-order valence-electron chi connectivity index (χ0n) is 10.5. The fraction of sp³-hybridized carbons (Fsp3) is 0.417. The smallest absolute Gasteiger partial charge is 0.418 e. The van der Waals surface area contributed by atoms with Crippen molar-refractivity contribution in [1.29, 1.82) is 0 Å². The molecule has 0 saturated carbocycles. The topological polar surface area (TPSA) is 92.8 Å². The fourth-order valence-corrected chi connectivity index (χ4v) is 1.54. The SMILES string of the molecule is CCOC(=O)C(O)C(O)c1ccc(N)c(C(F)(F)F)c1. The molecular formula is C12H14F3NO4. The predicted octanol–water partition coefficient (Wildman–Crippen LogP) is 1.25. The van der Waals surface area contributed by atoms with Crippen LogP contribution in [0, 0.1) is 0 Å². The van der Waals surface area contributed by atoms with Crippen molar-refractivity contribution in [2.45, 2.75) is 25.3 Å². The van der Waals surface area contributed by atoms with E-state index < -0.39 is 35.6 Å². The average Bonchev–Trinajstić information content (AvgIpc) is 2.36. The number of nitrogen functional groups attached to an aromatic ring is 1. The van der Waals surface area contributed by atoms with Crippen molar-refractivity contribution in [3.05, 3.63) is 29.3 Å². The second-order valence-electron chi connectivity index (χ2n) is 3.99. The number of nitrogens with two attached hydrogens (primary N) is 1. The first kappa shape index (κ1) is 16.3. The molecule has 0 aliphatic carbocycles. The number of anilines is 1. The number of alkyl halides is 3. The van der Waals surface area contributed by atoms with Gasteiger partial charge < -0.3 is 20.7 Å². The molecule has 0 aliphatic heterocycles. The first-order chi connectivity index (χ1) is 9.18. The molecule has 0 bridgehead atoms. The summed E-state index contributed by atoms with van der Waals surface area (Å²) in [5.74, 6) is -1.12. The highest BCUT2D eigenvalue weighted by Crippen LogP contribution is 2.35. The third-order valence-corrected chi connectivity index (χ3v) is 2.55. The van der Waals surface area contributed by atoms with E-state index in [4.69, 9.17) is 5.73 Å². The van der Waals surface area contributed by atoms with Crippen LogP contribution in [0.25, 0.3) is 0 Å². The third kappa shape index (κ3) is 3.61. The summed E-state index contributed by atoms with van der Waals surface area (Å²) in [6.07, 6.45) is -8.51. The second kappa shape index (κ2) is 6.10. The number of halogens is 3. The number of aliphatic hydroxyl groups excluding tert-OH is 2. The summed E-state index contributed by atoms with van der Waals surface area (Å²) in [4.78, 5) is 11.2. The Labute approximate surface area is 112 Å². The number of carbonyl (C=O) groups is 1. The van der Waals surface area contributed by atoms with Crippen LogP contribution in [-0.4, -0.2) is 28.9 Å². The van der Waals surface area contributed by atoms with Gasteiger partial charge in [-0.3, -0.25) is 0 Å². The molecule has 20 heavy (non-hydrogen) atoms. The van der Waals surface area contributed by atoms with Gasteiger partial charge in [0.1, 0.15) is 6.10 Å². The van der Waals surface area contributed by atoms with Crippen molar-refractivity contribution in [3.63, 3.8) is 0 Å². The lowest BCUT2D eigenvalue weighted by molar-refractivity contribution is -0.159. The van der Waals surface area contributed by atoms with Crippen LogP contribution in [0.15, 0.2) is 18.2 Å². The summed E-state index contributed by atoms with van der Waals surface area (Å²) in [5, 5.41) is 19.2. The van der Waals surface area contributed by atoms with Gasteiger partial charge in [0.15, 0.2) is 6.10 Å². The Balaban J connectivity index is 3.05. The molecule has 1 rings (SSSR count). The lowest BCUT2D eigenvalue weighted by atomic mass is 10.0. The van der Waals surface area contributed by atoms with E-state index in [1.807, 2.05) is 0 Å². The van der Waals surface area contributed by atoms with Gasteiger partial charge >= 0.3 is 12.1 Å². The van der Waals surface area contributed by atoms with E-state index in [0.717, 1.165) is 12.1 Å². The van der Waals surface area contributed by atoms with Gasteiger partial charge in [-0.1, -0.05) is 6.07 Å². The molecule has 2 atom stereocenters. The summed E-state index contributed by atoms with van der Waals surface area (Å²) in [5.41, 5.74) is 3.26. The van der Waals surface area contributed by atoms with Crippen molar-refractivity contribution < 1.29 is 32.9 Å². The zero-order valence-corrected chi connectivity index (χ0v) is 10.5. The summed E-state index contributed by atoms with van der Waals surface area (Å²) in [6.45, 7) is 1.46. The highest BCUT2D eigenvalue weighted by molar-refractivity contribution is 5.75. The molecule has 0 aromatic heterocycles. The van der Waals surface area contributed by atoms with Gasteiger partial charge in [0.2, 0.25) is 0 Å². The van der Waals surface area contributed by atoms with E-state index in [0.29, 0.717) is 6.07 Å². The standard InChI is InChI=1S/C12H14F3NO4/c1-2-20-11(19)10(18)9(17)6-3-4-8(16)7(5-6)12(13,14)15/h3-5,9-10,17-18H,2,16H2,1H3. The second-order valence-corrected chi connectivity index (χ2v) is 3.99. The van der Waals surface area contributed by atoms with E-state index in [-0.39, 0.29) is 12.2 Å². The van der Waals surface area contributed by atoms with Gasteiger partial charge in [-0.25, -0.2) is 4.79 Å². The summed E-state index contributed by atoms with van der Waals surface area (Å²) >= 11 is 0. The van der Waals surface area contributed by atoms with Crippen molar-refractivity contribution >= 4 is 11.7 Å². The summed E-state index contributed by atoms with van der Waals surface area (Å²) < 4.78 is 42.4. The molecule has 1 aromatic carbocycles. The number of hydrogen-bond donors (Lipinski definition) is 3. The Hall–Kier alpha value is -1.80. The number of benzene rings is 1. The van der Waals surface area contributed by atoms with Gasteiger partial charge in [-0.15, -0.1) is 0 Å². The number of rotatable bonds is 4. The molecule has 0 aliphatic rings. The van der Waals surface area contributed by atoms with Crippen LogP contribution >= 0.6 is 0 Å². The number of esters is 1. The molecule has 5 nitrogen and oxygen atoms in total. The molecule has 0 spiro atoms. The van der Waals surface area contributed by atoms with E-state index in [1.165, 1.54) is 6.92 Å². The van der Waals surface area contributed by atoms with Crippen molar-refractivity contribution in [2.24, 2.45) is 0 Å². The number of ether oxygens (including phenoxy) is 1. The van der Waals surface area contributed by atoms with Gasteiger partial charge in [0.25, 0.3) is 0 Å². The van der Waals surface area contributed by atoms with Gasteiger partial charge in [0, 0.05) is 5.69 Å². The molecule has 1 aromatic rings. The normalized spacial score (nSPS) is 14.7. The quantitative estimate of drug-likeness (QED) is 0.574. The largest absolute Gasteiger partial charge is 0.464 e. The maximum absolute atomic E-state index is 12.7. The Kier molecular flexibility index (Phi) is 4.96. The molecule has 0 radical (unpaired) electrons. The van der Waals surface area contributed by atoms with Crippen molar-refractivity contribution in [3.8, 4) is 0 Å². The monoisotopic (exact) mass is 293 g/mol. The Morgan fingerprint density at radius 1 is 1.40 bits per heavy atom. The summed E-state index contributed by atoms with van der Waals surface area (Å²) in [6, 6.07) is 2.62. The Morgan fingerprint density at radius 2 is 2.00 bits per heavy atom. The highest BCUT2D eigenvalue weighted by Gasteiger charge is 2.35. The van der Waals surface area contributed by atoms with Crippen LogP contribution in [0.2, 0.25) is 0 Å². The van der Waals surface area contributed by atoms with Crippen LogP contribution in [0.1, 0.15) is 24.2 Å². The minimum atomic E-state index is -4.70. The lowest BCUT2D eigenvalue weighted by Crippen LogP contribution is -2.30. The van der Waals surface area contributed by atoms with Gasteiger partial charge in [-0.05, 0) is 24.6 Å². The zero-order chi connectivity index (χ0) is 15.5. The van der Waals surface area contributed by atoms with Crippen LogP contribution in [0.5, 0.6) is 0 Å². The molecule has 4 N–H and O–H groups in total. The van der Waals surface area contributed by atoms with E-state index >= 15 is 0 Å². The first-order valence-corrected chi connectivity index (χ1v) is 5.67.